The van der Waals surface area contributed by atoms with Gasteiger partial charge in [-0.3, -0.25) is 18.6 Å². The van der Waals surface area contributed by atoms with Gasteiger partial charge >= 0.3 is 19.8 Å². The summed E-state index contributed by atoms with van der Waals surface area (Å²) in [7, 11) is -5.08. The Bertz CT molecular complexity index is 990. The molecule has 1 aliphatic carbocycles. The summed E-state index contributed by atoms with van der Waals surface area (Å²) in [5, 5.41) is 49.4. The number of aliphatic hydroxyl groups excluding tert-OH is 5. The average Bonchev–Trinajstić information content (AvgIpc) is 3.10. The molecule has 0 saturated heterocycles. The van der Waals surface area contributed by atoms with E-state index in [2.05, 4.69) is 31.2 Å². The number of phosphoric acid groups is 1. The van der Waals surface area contributed by atoms with Gasteiger partial charge in [-0.25, -0.2) is 4.57 Å². The number of aliphatic hydroxyl groups is 5. The summed E-state index contributed by atoms with van der Waals surface area (Å²) in [6.07, 6.45) is 15.5. The van der Waals surface area contributed by atoms with Crippen LogP contribution in [0.25, 0.3) is 0 Å². The highest BCUT2D eigenvalue weighted by Crippen LogP contribution is 2.47. The van der Waals surface area contributed by atoms with E-state index in [1.165, 1.54) is 64.2 Å². The zero-order chi connectivity index (χ0) is 37.2. The van der Waals surface area contributed by atoms with Gasteiger partial charge in [0.25, 0.3) is 0 Å². The second-order valence-electron chi connectivity index (χ2n) is 13.0. The molecule has 0 amide bonds. The van der Waals surface area contributed by atoms with E-state index in [-0.39, 0.29) is 12.8 Å². The van der Waals surface area contributed by atoms with Crippen molar-refractivity contribution in [3.8, 4) is 0 Å². The molecule has 1 fully saturated rings. The monoisotopic (exact) mass is 736 g/mol. The number of rotatable bonds is 29. The summed E-state index contributed by atoms with van der Waals surface area (Å²) in [4.78, 5) is 34.2. The highest BCUT2D eigenvalue weighted by Gasteiger charge is 2.51. The first kappa shape index (κ1) is 46.4. The van der Waals surface area contributed by atoms with Crippen LogP contribution in [-0.4, -0.2) is 98.3 Å². The lowest BCUT2D eigenvalue weighted by molar-refractivity contribution is -0.220. The van der Waals surface area contributed by atoms with E-state index >= 15 is 0 Å². The number of hydrogen-bond acceptors (Lipinski definition) is 12. The number of allylic oxidation sites excluding steroid dienone is 4. The molecule has 1 aliphatic rings. The summed E-state index contributed by atoms with van der Waals surface area (Å²) in [5.41, 5.74) is 0. The predicted octanol–water partition coefficient (Wildman–Crippen LogP) is 5.33. The molecule has 6 unspecified atom stereocenters. The van der Waals surface area contributed by atoms with Crippen molar-refractivity contribution in [2.45, 2.75) is 179 Å². The van der Waals surface area contributed by atoms with Crippen LogP contribution in [0.15, 0.2) is 24.3 Å². The quantitative estimate of drug-likeness (QED) is 0.0249. The van der Waals surface area contributed by atoms with E-state index in [9.17, 15) is 44.6 Å². The Hall–Kier alpha value is -1.67. The zero-order valence-corrected chi connectivity index (χ0v) is 31.1. The Morgan fingerprint density at radius 1 is 0.640 bits per heavy atom. The maximum Gasteiger partial charge on any atom is 0.472 e. The van der Waals surface area contributed by atoms with Gasteiger partial charge in [-0.15, -0.1) is 0 Å². The summed E-state index contributed by atoms with van der Waals surface area (Å²) in [6.45, 7) is 2.61. The fourth-order valence-electron chi connectivity index (χ4n) is 5.47. The zero-order valence-electron chi connectivity index (χ0n) is 30.2. The maximum atomic E-state index is 12.5. The Labute approximate surface area is 298 Å². The number of esters is 2. The van der Waals surface area contributed by atoms with E-state index in [1.807, 2.05) is 0 Å². The van der Waals surface area contributed by atoms with Gasteiger partial charge in [0.2, 0.25) is 0 Å². The standard InChI is InChI=1S/C36H65O13P/c1-3-5-6-7-8-9-10-11-12-13-14-15-16-17-18-19-20-21-22-23-24-25-30(38)48-28(26-46-29(37)4-2)27-47-50(44,45)49-36-34(42)32(40)31(39)33(41)35(36)43/h10-11,13-14,28,31-36,39-43H,3-9,12,15-27H2,1-2H3,(H,44,45)/b11-10-,14-13-. The first-order valence-corrected chi connectivity index (χ1v) is 20.1. The highest BCUT2D eigenvalue weighted by atomic mass is 31.2. The van der Waals surface area contributed by atoms with E-state index in [4.69, 9.17) is 18.5 Å². The molecule has 292 valence electrons. The van der Waals surface area contributed by atoms with E-state index in [0.717, 1.165) is 38.5 Å². The maximum absolute atomic E-state index is 12.5. The lowest BCUT2D eigenvalue weighted by Gasteiger charge is -2.41. The first-order valence-electron chi connectivity index (χ1n) is 18.6. The van der Waals surface area contributed by atoms with Crippen molar-refractivity contribution in [1.82, 2.24) is 0 Å². The van der Waals surface area contributed by atoms with Gasteiger partial charge in [-0.2, -0.15) is 0 Å². The Morgan fingerprint density at radius 2 is 1.12 bits per heavy atom. The SMILES string of the molecule is CCCCCCC/C=C\C/C=C\CCCCCCCCCCCC(=O)OC(COC(=O)CC)COP(=O)(O)OC1C(O)C(O)C(O)C(O)C1O. The van der Waals surface area contributed by atoms with Crippen LogP contribution in [0.4, 0.5) is 0 Å². The molecule has 0 aromatic rings. The third-order valence-electron chi connectivity index (χ3n) is 8.60. The average molecular weight is 737 g/mol. The predicted molar refractivity (Wildman–Crippen MR) is 189 cm³/mol. The second kappa shape index (κ2) is 27.9. The van der Waals surface area contributed by atoms with Crippen molar-refractivity contribution in [1.29, 1.82) is 0 Å². The number of ether oxygens (including phenoxy) is 2. The third kappa shape index (κ3) is 21.0. The summed E-state index contributed by atoms with van der Waals surface area (Å²) >= 11 is 0. The molecule has 0 radical (unpaired) electrons. The van der Waals surface area contributed by atoms with E-state index < -0.39 is 75.7 Å². The minimum absolute atomic E-state index is 0.0475. The van der Waals surface area contributed by atoms with Crippen LogP contribution in [0.2, 0.25) is 0 Å². The summed E-state index contributed by atoms with van der Waals surface area (Å²) in [5.74, 6) is -1.20. The summed E-state index contributed by atoms with van der Waals surface area (Å²) in [6, 6.07) is 0. The fourth-order valence-corrected chi connectivity index (χ4v) is 6.45. The molecule has 1 rings (SSSR count). The molecule has 13 nitrogen and oxygen atoms in total. The lowest BCUT2D eigenvalue weighted by atomic mass is 9.85. The molecule has 0 aliphatic heterocycles. The van der Waals surface area contributed by atoms with Gasteiger partial charge in [0.05, 0.1) is 6.61 Å². The molecule has 0 bridgehead atoms. The molecule has 0 aromatic carbocycles. The number of carbonyl (C=O) groups is 2. The van der Waals surface area contributed by atoms with Crippen LogP contribution >= 0.6 is 7.82 Å². The van der Waals surface area contributed by atoms with Crippen molar-refractivity contribution in [3.05, 3.63) is 24.3 Å². The normalized spacial score (nSPS) is 24.4. The molecule has 1 saturated carbocycles. The minimum Gasteiger partial charge on any atom is -0.462 e. The molecule has 0 aromatic heterocycles. The van der Waals surface area contributed by atoms with Crippen molar-refractivity contribution < 1.29 is 63.1 Å². The molecule has 6 N–H and O–H groups in total. The number of phosphoric ester groups is 1. The molecule has 0 spiro atoms. The highest BCUT2D eigenvalue weighted by molar-refractivity contribution is 7.47. The van der Waals surface area contributed by atoms with Crippen LogP contribution < -0.4 is 0 Å². The van der Waals surface area contributed by atoms with E-state index in [1.54, 1.807) is 6.92 Å². The first-order chi connectivity index (χ1) is 23.9. The van der Waals surface area contributed by atoms with E-state index in [0.29, 0.717) is 6.42 Å². The largest absolute Gasteiger partial charge is 0.472 e. The smallest absolute Gasteiger partial charge is 0.462 e. The van der Waals surface area contributed by atoms with Crippen molar-refractivity contribution >= 4 is 19.8 Å². The van der Waals surface area contributed by atoms with Gasteiger partial charge in [-0.05, 0) is 38.5 Å². The molecular weight excluding hydrogens is 671 g/mol. The molecule has 50 heavy (non-hydrogen) atoms. The molecule has 6 atom stereocenters. The lowest BCUT2D eigenvalue weighted by Crippen LogP contribution is -2.64. The molecule has 0 heterocycles. The fraction of sp³-hybridized carbons (Fsp3) is 0.833. The Morgan fingerprint density at radius 3 is 1.64 bits per heavy atom. The topological polar surface area (TPSA) is 210 Å². The second-order valence-corrected chi connectivity index (χ2v) is 14.4. The Balaban J connectivity index is 2.24. The van der Waals surface area contributed by atoms with Crippen molar-refractivity contribution in [2.24, 2.45) is 0 Å². The molecule has 14 heteroatoms. The van der Waals surface area contributed by atoms with Crippen LogP contribution in [-0.2, 0) is 32.7 Å². The van der Waals surface area contributed by atoms with Crippen LogP contribution in [0, 0.1) is 0 Å². The van der Waals surface area contributed by atoms with Crippen LogP contribution in [0.3, 0.4) is 0 Å². The van der Waals surface area contributed by atoms with Gasteiger partial charge in [0, 0.05) is 12.8 Å². The van der Waals surface area contributed by atoms with Crippen LogP contribution in [0.1, 0.15) is 136 Å². The van der Waals surface area contributed by atoms with Crippen LogP contribution in [0.5, 0.6) is 0 Å². The van der Waals surface area contributed by atoms with Crippen molar-refractivity contribution in [3.63, 3.8) is 0 Å². The number of unbranched alkanes of at least 4 members (excludes halogenated alkanes) is 14. The van der Waals surface area contributed by atoms with Gasteiger partial charge in [0.15, 0.2) is 6.10 Å². The Kier molecular flexibility index (Phi) is 25.9. The number of hydrogen-bond donors (Lipinski definition) is 6. The molecular formula is C36H65O13P. The van der Waals surface area contributed by atoms with Crippen molar-refractivity contribution in [2.75, 3.05) is 13.2 Å². The van der Waals surface area contributed by atoms with Gasteiger partial charge in [-0.1, -0.05) is 109 Å². The minimum atomic E-state index is -5.08. The summed E-state index contributed by atoms with van der Waals surface area (Å²) < 4.78 is 32.5. The van der Waals surface area contributed by atoms with Gasteiger partial charge < -0.3 is 39.9 Å². The van der Waals surface area contributed by atoms with Gasteiger partial charge in [0.1, 0.15) is 43.2 Å². The third-order valence-corrected chi connectivity index (χ3v) is 9.59. The number of carbonyl (C=O) groups excluding carboxylic acids is 2.